The number of aromatic nitrogens is 1. The van der Waals surface area contributed by atoms with Crippen molar-refractivity contribution in [2.24, 2.45) is 0 Å². The van der Waals surface area contributed by atoms with Gasteiger partial charge >= 0.3 is 6.09 Å². The van der Waals surface area contributed by atoms with Crippen molar-refractivity contribution in [1.29, 1.82) is 0 Å². The number of nitrogens with one attached hydrogen (secondary N) is 1. The minimum Gasteiger partial charge on any atom is -0.450 e. The van der Waals surface area contributed by atoms with Crippen molar-refractivity contribution >= 4 is 51.5 Å². The Balaban J connectivity index is 1.70. The predicted octanol–water partition coefficient (Wildman–Crippen LogP) is 2.40. The summed E-state index contributed by atoms with van der Waals surface area (Å²) in [5.74, 6) is 0. The Bertz CT molecular complexity index is 766. The van der Waals surface area contributed by atoms with Gasteiger partial charge in [-0.05, 0) is 37.3 Å². The van der Waals surface area contributed by atoms with Gasteiger partial charge in [-0.15, -0.1) is 11.3 Å². The standard InChI is InChI=1S/C15H18ClN3O2S2/c1-2-21-14(20)18-7-5-17(6-8-18)10-19-12-9-11(16)3-4-13(12)23-15(19)22/h3-4,9H,2,5-8,10H2,1H3/p+1. The van der Waals surface area contributed by atoms with Gasteiger partial charge in [0.05, 0.1) is 43.0 Å². The summed E-state index contributed by atoms with van der Waals surface area (Å²) in [5, 5.41) is 0.723. The molecule has 8 heteroatoms. The van der Waals surface area contributed by atoms with E-state index in [1.54, 1.807) is 16.2 Å². The molecule has 0 bridgehead atoms. The summed E-state index contributed by atoms with van der Waals surface area (Å²) in [6, 6.07) is 5.88. The first kappa shape index (κ1) is 16.7. The maximum absolute atomic E-state index is 11.7. The third kappa shape index (κ3) is 3.68. The zero-order valence-electron chi connectivity index (χ0n) is 12.9. The molecule has 124 valence electrons. The molecule has 0 unspecified atom stereocenters. The van der Waals surface area contributed by atoms with Crippen molar-refractivity contribution in [2.75, 3.05) is 32.8 Å². The van der Waals surface area contributed by atoms with Gasteiger partial charge in [-0.3, -0.25) is 9.47 Å². The van der Waals surface area contributed by atoms with Crippen LogP contribution >= 0.6 is 35.2 Å². The highest BCUT2D eigenvalue weighted by Crippen LogP contribution is 2.25. The number of amides is 1. The molecule has 1 aromatic carbocycles. The molecule has 3 rings (SSSR count). The molecule has 23 heavy (non-hydrogen) atoms. The minimum atomic E-state index is -0.212. The molecule has 1 fully saturated rings. The Morgan fingerprint density at radius 2 is 2.17 bits per heavy atom. The molecule has 0 aliphatic carbocycles. The summed E-state index contributed by atoms with van der Waals surface area (Å²) in [6.45, 7) is 6.25. The number of thiazole rings is 1. The molecule has 2 heterocycles. The van der Waals surface area contributed by atoms with E-state index in [9.17, 15) is 4.79 Å². The fourth-order valence-electron chi connectivity index (χ4n) is 2.79. The molecule has 0 saturated carbocycles. The highest BCUT2D eigenvalue weighted by molar-refractivity contribution is 7.73. The first-order valence-corrected chi connectivity index (χ1v) is 9.23. The molecule has 1 aromatic heterocycles. The minimum absolute atomic E-state index is 0.212. The lowest BCUT2D eigenvalue weighted by molar-refractivity contribution is -0.926. The summed E-state index contributed by atoms with van der Waals surface area (Å²) in [5.41, 5.74) is 1.09. The summed E-state index contributed by atoms with van der Waals surface area (Å²) < 4.78 is 9.22. The van der Waals surface area contributed by atoms with Crippen molar-refractivity contribution in [2.45, 2.75) is 13.6 Å². The van der Waals surface area contributed by atoms with Crippen molar-refractivity contribution in [1.82, 2.24) is 9.47 Å². The van der Waals surface area contributed by atoms with E-state index in [-0.39, 0.29) is 6.09 Å². The fourth-order valence-corrected chi connectivity index (χ4v) is 4.26. The van der Waals surface area contributed by atoms with E-state index in [0.29, 0.717) is 19.7 Å². The normalized spacial score (nSPS) is 16.0. The molecule has 1 saturated heterocycles. The molecular formula is C15H19ClN3O2S2+. The monoisotopic (exact) mass is 372 g/mol. The van der Waals surface area contributed by atoms with Gasteiger partial charge in [0.15, 0.2) is 10.6 Å². The molecule has 0 atom stereocenters. The van der Waals surface area contributed by atoms with Crippen molar-refractivity contribution < 1.29 is 14.4 Å². The van der Waals surface area contributed by atoms with Crippen LogP contribution in [0.15, 0.2) is 18.2 Å². The summed E-state index contributed by atoms with van der Waals surface area (Å²) >= 11 is 13.2. The van der Waals surface area contributed by atoms with Gasteiger partial charge in [0.2, 0.25) is 0 Å². The van der Waals surface area contributed by atoms with Gasteiger partial charge in [-0.2, -0.15) is 0 Å². The Morgan fingerprint density at radius 3 is 2.87 bits per heavy atom. The van der Waals surface area contributed by atoms with Crippen LogP contribution in [0.5, 0.6) is 0 Å². The van der Waals surface area contributed by atoms with Gasteiger partial charge in [0.1, 0.15) is 0 Å². The molecule has 0 radical (unpaired) electrons. The number of rotatable bonds is 3. The van der Waals surface area contributed by atoms with E-state index in [1.165, 1.54) is 4.90 Å². The van der Waals surface area contributed by atoms with Crippen molar-refractivity contribution in [3.8, 4) is 0 Å². The van der Waals surface area contributed by atoms with E-state index >= 15 is 0 Å². The lowest BCUT2D eigenvalue weighted by atomic mass is 10.3. The van der Waals surface area contributed by atoms with Crippen LogP contribution in [0.25, 0.3) is 10.2 Å². The van der Waals surface area contributed by atoms with Crippen molar-refractivity contribution in [3.63, 3.8) is 0 Å². The maximum atomic E-state index is 11.7. The first-order chi connectivity index (χ1) is 11.1. The molecular weight excluding hydrogens is 354 g/mol. The third-order valence-corrected chi connectivity index (χ3v) is 5.67. The summed E-state index contributed by atoms with van der Waals surface area (Å²) in [4.78, 5) is 14.9. The number of quaternary nitrogens is 1. The number of hydrogen-bond acceptors (Lipinski definition) is 4. The Morgan fingerprint density at radius 1 is 1.43 bits per heavy atom. The zero-order valence-corrected chi connectivity index (χ0v) is 15.3. The number of hydrogen-bond donors (Lipinski definition) is 1. The molecule has 1 N–H and O–H groups in total. The maximum Gasteiger partial charge on any atom is 0.410 e. The van der Waals surface area contributed by atoms with Crippen LogP contribution in [0.4, 0.5) is 4.79 Å². The van der Waals surface area contributed by atoms with Crippen LogP contribution in [-0.4, -0.2) is 48.3 Å². The van der Waals surface area contributed by atoms with E-state index in [2.05, 4.69) is 4.57 Å². The zero-order chi connectivity index (χ0) is 16.4. The Hall–Kier alpha value is -1.15. The predicted molar refractivity (Wildman–Crippen MR) is 95.0 cm³/mol. The average Bonchev–Trinajstić information content (AvgIpc) is 2.84. The van der Waals surface area contributed by atoms with Crippen LogP contribution in [0.2, 0.25) is 5.02 Å². The lowest BCUT2D eigenvalue weighted by Gasteiger charge is -2.31. The number of fused-ring (bicyclic) bond motifs is 1. The van der Waals surface area contributed by atoms with Gasteiger partial charge < -0.3 is 9.64 Å². The smallest absolute Gasteiger partial charge is 0.410 e. The fraction of sp³-hybridized carbons (Fsp3) is 0.467. The number of benzene rings is 1. The number of nitrogens with zero attached hydrogens (tertiary/aromatic N) is 2. The van der Waals surface area contributed by atoms with Crippen LogP contribution in [0.3, 0.4) is 0 Å². The molecule has 0 spiro atoms. The van der Waals surface area contributed by atoms with Gasteiger partial charge in [-0.1, -0.05) is 11.6 Å². The second-order valence-corrected chi connectivity index (χ2v) is 7.61. The van der Waals surface area contributed by atoms with Crippen LogP contribution in [0, 0.1) is 3.95 Å². The highest BCUT2D eigenvalue weighted by atomic mass is 35.5. The quantitative estimate of drug-likeness (QED) is 0.841. The van der Waals surface area contributed by atoms with E-state index in [1.807, 2.05) is 25.1 Å². The van der Waals surface area contributed by atoms with E-state index < -0.39 is 0 Å². The third-order valence-electron chi connectivity index (χ3n) is 4.01. The van der Waals surface area contributed by atoms with Gasteiger partial charge in [-0.25, -0.2) is 4.79 Å². The summed E-state index contributed by atoms with van der Waals surface area (Å²) in [7, 11) is 0. The highest BCUT2D eigenvalue weighted by Gasteiger charge is 2.25. The van der Waals surface area contributed by atoms with Crippen LogP contribution in [-0.2, 0) is 11.4 Å². The topological polar surface area (TPSA) is 38.9 Å². The number of ether oxygens (including phenoxy) is 1. The molecule has 1 aliphatic heterocycles. The number of carbonyl (C=O) groups excluding carboxylic acids is 1. The van der Waals surface area contributed by atoms with E-state index in [4.69, 9.17) is 28.6 Å². The largest absolute Gasteiger partial charge is 0.450 e. The molecule has 1 amide bonds. The second kappa shape index (κ2) is 7.17. The first-order valence-electron chi connectivity index (χ1n) is 7.62. The Kier molecular flexibility index (Phi) is 5.21. The lowest BCUT2D eigenvalue weighted by Crippen LogP contribution is -3.14. The second-order valence-electron chi connectivity index (χ2n) is 5.50. The summed E-state index contributed by atoms with van der Waals surface area (Å²) in [6.07, 6.45) is -0.212. The molecule has 1 aliphatic rings. The molecule has 5 nitrogen and oxygen atoms in total. The van der Waals surface area contributed by atoms with E-state index in [0.717, 1.165) is 39.0 Å². The number of piperazine rings is 1. The Labute approximate surface area is 149 Å². The van der Waals surface area contributed by atoms with Gasteiger partial charge in [0, 0.05) is 5.02 Å². The van der Waals surface area contributed by atoms with Crippen LogP contribution in [0.1, 0.15) is 6.92 Å². The number of halogens is 1. The van der Waals surface area contributed by atoms with Crippen molar-refractivity contribution in [3.05, 3.63) is 27.2 Å². The molecule has 2 aromatic rings. The SMILES string of the molecule is CCOC(=O)N1CC[NH+](Cn2c(=S)sc3ccc(Cl)cc32)CC1. The number of carbonyl (C=O) groups is 1. The van der Waals surface area contributed by atoms with Crippen LogP contribution < -0.4 is 4.90 Å². The van der Waals surface area contributed by atoms with Gasteiger partial charge in [0.25, 0.3) is 0 Å². The average molecular weight is 373 g/mol.